The van der Waals surface area contributed by atoms with Gasteiger partial charge in [0.2, 0.25) is 0 Å². The van der Waals surface area contributed by atoms with Crippen molar-refractivity contribution in [1.82, 2.24) is 5.32 Å². The van der Waals surface area contributed by atoms with E-state index in [2.05, 4.69) is 10.3 Å². The molecule has 7 heteroatoms. The number of benzene rings is 2. The van der Waals surface area contributed by atoms with Crippen LogP contribution in [0.3, 0.4) is 0 Å². The highest BCUT2D eigenvalue weighted by molar-refractivity contribution is 8.18. The standard InChI is InChI=1S/C18H14Cl2N2O2S/c1-2-24-15-7-6-11(8-14(15)20)9-16-17(23)22-18(25-16)21-13-5-3-4-12(19)10-13/h3-10H,2H2,1H3,(H,21,22,23)/b16-9-. The summed E-state index contributed by atoms with van der Waals surface area (Å²) in [4.78, 5) is 17.1. The summed E-state index contributed by atoms with van der Waals surface area (Å²) in [5.74, 6) is 0.425. The SMILES string of the molecule is CCOc1ccc(/C=C2\SC(=Nc3cccc(Cl)c3)NC2=O)cc1Cl. The maximum absolute atomic E-state index is 12.1. The number of aliphatic imine (C=N–C) groups is 1. The molecule has 0 spiro atoms. The molecule has 4 nitrogen and oxygen atoms in total. The van der Waals surface area contributed by atoms with Gasteiger partial charge in [-0.3, -0.25) is 4.79 Å². The van der Waals surface area contributed by atoms with Gasteiger partial charge in [0.1, 0.15) is 5.75 Å². The minimum absolute atomic E-state index is 0.198. The topological polar surface area (TPSA) is 50.7 Å². The third kappa shape index (κ3) is 4.57. The molecule has 3 rings (SSSR count). The van der Waals surface area contributed by atoms with Gasteiger partial charge in [-0.2, -0.15) is 0 Å². The Balaban J connectivity index is 1.80. The first-order valence-corrected chi connectivity index (χ1v) is 9.10. The molecule has 1 amide bonds. The molecule has 0 aromatic heterocycles. The molecule has 0 atom stereocenters. The first-order valence-electron chi connectivity index (χ1n) is 7.52. The lowest BCUT2D eigenvalue weighted by atomic mass is 10.2. The van der Waals surface area contributed by atoms with E-state index in [0.29, 0.717) is 38.2 Å². The van der Waals surface area contributed by atoms with Crippen molar-refractivity contribution in [3.05, 3.63) is 63.0 Å². The molecule has 0 radical (unpaired) electrons. The summed E-state index contributed by atoms with van der Waals surface area (Å²) in [6.45, 7) is 2.44. The number of amides is 1. The van der Waals surface area contributed by atoms with Crippen LogP contribution in [0, 0.1) is 0 Å². The molecule has 25 heavy (non-hydrogen) atoms. The molecule has 0 unspecified atom stereocenters. The Bertz CT molecular complexity index is 881. The molecule has 1 aliphatic heterocycles. The van der Waals surface area contributed by atoms with Gasteiger partial charge in [0.05, 0.1) is 22.2 Å². The zero-order valence-corrected chi connectivity index (χ0v) is 15.6. The number of hydrogen-bond acceptors (Lipinski definition) is 4. The van der Waals surface area contributed by atoms with E-state index in [1.165, 1.54) is 11.8 Å². The number of amidine groups is 1. The molecule has 2 aromatic rings. The van der Waals surface area contributed by atoms with Crippen LogP contribution in [0.25, 0.3) is 6.08 Å². The second kappa shape index (κ2) is 7.95. The van der Waals surface area contributed by atoms with E-state index in [9.17, 15) is 4.79 Å². The normalized spacial score (nSPS) is 17.2. The maximum atomic E-state index is 12.1. The van der Waals surface area contributed by atoms with Gasteiger partial charge in [-0.15, -0.1) is 0 Å². The molecule has 0 aliphatic carbocycles. The number of thioether (sulfide) groups is 1. The summed E-state index contributed by atoms with van der Waals surface area (Å²) in [5, 5.41) is 4.35. The van der Waals surface area contributed by atoms with Crippen molar-refractivity contribution in [3.8, 4) is 5.75 Å². The van der Waals surface area contributed by atoms with Crippen LogP contribution in [0.1, 0.15) is 12.5 Å². The first kappa shape index (κ1) is 17.9. The number of rotatable bonds is 4. The molecule has 0 bridgehead atoms. The fourth-order valence-corrected chi connectivity index (χ4v) is 3.44. The molecule has 128 valence electrons. The summed E-state index contributed by atoms with van der Waals surface area (Å²) >= 11 is 13.4. The van der Waals surface area contributed by atoms with Gasteiger partial charge in [-0.25, -0.2) is 4.99 Å². The van der Waals surface area contributed by atoms with Crippen LogP contribution >= 0.6 is 35.0 Å². The molecular formula is C18H14Cl2N2O2S. The van der Waals surface area contributed by atoms with Gasteiger partial charge in [-0.1, -0.05) is 35.3 Å². The number of halogens is 2. The van der Waals surface area contributed by atoms with Crippen LogP contribution in [0.5, 0.6) is 5.75 Å². The fraction of sp³-hybridized carbons (Fsp3) is 0.111. The van der Waals surface area contributed by atoms with Crippen LogP contribution < -0.4 is 10.1 Å². The highest BCUT2D eigenvalue weighted by atomic mass is 35.5. The summed E-state index contributed by atoms with van der Waals surface area (Å²) in [6, 6.07) is 12.5. The number of nitrogens with zero attached hydrogens (tertiary/aromatic N) is 1. The van der Waals surface area contributed by atoms with Crippen LogP contribution in [0.4, 0.5) is 5.69 Å². The first-order chi connectivity index (χ1) is 12.0. The third-order valence-electron chi connectivity index (χ3n) is 3.24. The van der Waals surface area contributed by atoms with Gasteiger partial charge in [0.15, 0.2) is 5.17 Å². The Labute approximate surface area is 159 Å². The van der Waals surface area contributed by atoms with Crippen LogP contribution in [0.2, 0.25) is 10.0 Å². The quantitative estimate of drug-likeness (QED) is 0.719. The van der Waals surface area contributed by atoms with Crippen molar-refractivity contribution in [2.45, 2.75) is 6.92 Å². The summed E-state index contributed by atoms with van der Waals surface area (Å²) in [7, 11) is 0. The number of carbonyl (C=O) groups excluding carboxylic acids is 1. The Morgan fingerprint density at radius 1 is 1.24 bits per heavy atom. The van der Waals surface area contributed by atoms with E-state index in [-0.39, 0.29) is 5.91 Å². The lowest BCUT2D eigenvalue weighted by Crippen LogP contribution is -2.19. The fourth-order valence-electron chi connectivity index (χ4n) is 2.17. The lowest BCUT2D eigenvalue weighted by Gasteiger charge is -2.05. The summed E-state index contributed by atoms with van der Waals surface area (Å²) in [6.07, 6.45) is 1.77. The Hall–Kier alpha value is -1.95. The molecule has 1 N–H and O–H groups in total. The molecule has 1 aliphatic rings. The minimum atomic E-state index is -0.198. The highest BCUT2D eigenvalue weighted by Gasteiger charge is 2.23. The average molecular weight is 393 g/mol. The van der Waals surface area contributed by atoms with Gasteiger partial charge in [0.25, 0.3) is 5.91 Å². The third-order valence-corrected chi connectivity index (χ3v) is 4.68. The van der Waals surface area contributed by atoms with Crippen molar-refractivity contribution in [3.63, 3.8) is 0 Å². The summed E-state index contributed by atoms with van der Waals surface area (Å²) in [5.41, 5.74) is 1.50. The average Bonchev–Trinajstić information content (AvgIpc) is 2.89. The van der Waals surface area contributed by atoms with Gasteiger partial charge >= 0.3 is 0 Å². The van der Waals surface area contributed by atoms with E-state index in [1.807, 2.05) is 25.1 Å². The number of hydrogen-bond donors (Lipinski definition) is 1. The largest absolute Gasteiger partial charge is 0.492 e. The lowest BCUT2D eigenvalue weighted by molar-refractivity contribution is -0.115. The van der Waals surface area contributed by atoms with E-state index < -0.39 is 0 Å². The van der Waals surface area contributed by atoms with Gasteiger partial charge in [0, 0.05) is 5.02 Å². The molecule has 2 aromatic carbocycles. The van der Waals surface area contributed by atoms with E-state index in [4.69, 9.17) is 27.9 Å². The molecule has 0 saturated carbocycles. The van der Waals surface area contributed by atoms with Crippen LogP contribution in [0.15, 0.2) is 52.4 Å². The Morgan fingerprint density at radius 2 is 2.08 bits per heavy atom. The van der Waals surface area contributed by atoms with Crippen molar-refractivity contribution in [1.29, 1.82) is 0 Å². The Morgan fingerprint density at radius 3 is 2.80 bits per heavy atom. The minimum Gasteiger partial charge on any atom is -0.492 e. The summed E-state index contributed by atoms with van der Waals surface area (Å²) < 4.78 is 5.41. The molecule has 1 heterocycles. The Kier molecular flexibility index (Phi) is 5.68. The van der Waals surface area contributed by atoms with Crippen LogP contribution in [-0.2, 0) is 4.79 Å². The number of carbonyl (C=O) groups is 1. The second-order valence-electron chi connectivity index (χ2n) is 5.08. The van der Waals surface area contributed by atoms with Crippen molar-refractivity contribution in [2.24, 2.45) is 4.99 Å². The zero-order chi connectivity index (χ0) is 17.8. The van der Waals surface area contributed by atoms with Crippen molar-refractivity contribution in [2.75, 3.05) is 6.61 Å². The van der Waals surface area contributed by atoms with Crippen molar-refractivity contribution >= 4 is 57.8 Å². The van der Waals surface area contributed by atoms with E-state index in [1.54, 1.807) is 30.3 Å². The predicted molar refractivity (Wildman–Crippen MR) is 105 cm³/mol. The number of ether oxygens (including phenoxy) is 1. The zero-order valence-electron chi connectivity index (χ0n) is 13.3. The van der Waals surface area contributed by atoms with Gasteiger partial charge in [-0.05, 0) is 60.7 Å². The predicted octanol–water partition coefficient (Wildman–Crippen LogP) is 5.28. The number of nitrogens with one attached hydrogen (secondary N) is 1. The van der Waals surface area contributed by atoms with Gasteiger partial charge < -0.3 is 10.1 Å². The van der Waals surface area contributed by atoms with Crippen LogP contribution in [-0.4, -0.2) is 17.7 Å². The molecular weight excluding hydrogens is 379 g/mol. The molecule has 1 saturated heterocycles. The smallest absolute Gasteiger partial charge is 0.264 e. The van der Waals surface area contributed by atoms with E-state index in [0.717, 1.165) is 5.56 Å². The molecule has 1 fully saturated rings. The second-order valence-corrected chi connectivity index (χ2v) is 6.96. The van der Waals surface area contributed by atoms with E-state index >= 15 is 0 Å². The van der Waals surface area contributed by atoms with Crippen molar-refractivity contribution < 1.29 is 9.53 Å². The highest BCUT2D eigenvalue weighted by Crippen LogP contribution is 2.31. The maximum Gasteiger partial charge on any atom is 0.264 e. The monoisotopic (exact) mass is 392 g/mol.